The van der Waals surface area contributed by atoms with Crippen LogP contribution in [0.25, 0.3) is 0 Å². The largest absolute Gasteiger partial charge is 0.418 e. The van der Waals surface area contributed by atoms with Crippen LogP contribution >= 0.6 is 11.3 Å². The van der Waals surface area contributed by atoms with Crippen molar-refractivity contribution >= 4 is 22.5 Å². The SMILES string of the molecule is Cc1cc(F)cc(Cc2nnc(NC(=O)N(C)C[C@@](C)(O)C(F)(F)F)s2)c1. The maximum Gasteiger partial charge on any atom is 0.418 e. The van der Waals surface area contributed by atoms with Crippen LogP contribution in [0.15, 0.2) is 18.2 Å². The first kappa shape index (κ1) is 21.0. The van der Waals surface area contributed by atoms with E-state index < -0.39 is 24.4 Å². The van der Waals surface area contributed by atoms with Gasteiger partial charge in [0.05, 0.1) is 6.54 Å². The number of anilines is 1. The molecule has 27 heavy (non-hydrogen) atoms. The molecule has 1 heterocycles. The van der Waals surface area contributed by atoms with E-state index in [1.165, 1.54) is 12.1 Å². The minimum atomic E-state index is -4.87. The van der Waals surface area contributed by atoms with Gasteiger partial charge in [-0.3, -0.25) is 5.32 Å². The summed E-state index contributed by atoms with van der Waals surface area (Å²) in [6.07, 6.45) is -4.58. The van der Waals surface area contributed by atoms with Crippen molar-refractivity contribution in [1.82, 2.24) is 15.1 Å². The van der Waals surface area contributed by atoms with E-state index in [9.17, 15) is 27.5 Å². The predicted octanol–water partition coefficient (Wildman–Crippen LogP) is 3.35. The van der Waals surface area contributed by atoms with E-state index in [-0.39, 0.29) is 10.9 Å². The third kappa shape index (κ3) is 5.60. The number of hydrogen-bond donors (Lipinski definition) is 2. The molecule has 0 spiro atoms. The lowest BCUT2D eigenvalue weighted by Crippen LogP contribution is -2.52. The summed E-state index contributed by atoms with van der Waals surface area (Å²) < 4.78 is 51.5. The Hall–Kier alpha value is -2.27. The van der Waals surface area contributed by atoms with Crippen molar-refractivity contribution in [3.63, 3.8) is 0 Å². The average molecular weight is 406 g/mol. The zero-order chi connectivity index (χ0) is 20.4. The van der Waals surface area contributed by atoms with E-state index in [1.54, 1.807) is 13.0 Å². The Labute approximate surface area is 156 Å². The van der Waals surface area contributed by atoms with Gasteiger partial charge >= 0.3 is 12.2 Å². The zero-order valence-electron chi connectivity index (χ0n) is 14.8. The fourth-order valence-electron chi connectivity index (χ4n) is 2.27. The standard InChI is InChI=1S/C16H18F4N4O2S/c1-9-4-10(6-11(17)5-9)7-12-22-23-13(27-12)21-14(25)24(3)8-15(2,26)16(18,19)20/h4-6,26H,7-8H2,1-3H3,(H,21,23,25)/t15-/m1/s1. The Morgan fingerprint density at radius 1 is 1.30 bits per heavy atom. The van der Waals surface area contributed by atoms with E-state index in [1.807, 2.05) is 0 Å². The lowest BCUT2D eigenvalue weighted by molar-refractivity contribution is -0.254. The van der Waals surface area contributed by atoms with Crippen molar-refractivity contribution < 1.29 is 27.5 Å². The van der Waals surface area contributed by atoms with Gasteiger partial charge < -0.3 is 10.0 Å². The van der Waals surface area contributed by atoms with Crippen LogP contribution in [0, 0.1) is 12.7 Å². The number of rotatable bonds is 5. The summed E-state index contributed by atoms with van der Waals surface area (Å²) in [5.41, 5.74) is -1.61. The molecule has 0 fully saturated rings. The van der Waals surface area contributed by atoms with Crippen LogP contribution in [0.2, 0.25) is 0 Å². The third-order valence-corrected chi connectivity index (χ3v) is 4.48. The van der Waals surface area contributed by atoms with Crippen LogP contribution in [-0.4, -0.2) is 51.6 Å². The van der Waals surface area contributed by atoms with Crippen molar-refractivity contribution in [1.29, 1.82) is 0 Å². The molecular formula is C16H18F4N4O2S. The molecule has 0 aliphatic carbocycles. The Morgan fingerprint density at radius 2 is 1.96 bits per heavy atom. The second-order valence-electron chi connectivity index (χ2n) is 6.37. The molecule has 0 unspecified atom stereocenters. The van der Waals surface area contributed by atoms with Crippen LogP contribution in [0.5, 0.6) is 0 Å². The maximum atomic E-state index is 13.4. The van der Waals surface area contributed by atoms with Gasteiger partial charge in [-0.25, -0.2) is 9.18 Å². The Balaban J connectivity index is 1.99. The Bertz CT molecular complexity index is 803. The monoisotopic (exact) mass is 406 g/mol. The fraction of sp³-hybridized carbons (Fsp3) is 0.438. The number of urea groups is 1. The van der Waals surface area contributed by atoms with Gasteiger partial charge in [-0.15, -0.1) is 10.2 Å². The molecule has 1 atom stereocenters. The molecule has 0 aliphatic rings. The highest BCUT2D eigenvalue weighted by atomic mass is 32.1. The molecule has 0 aliphatic heterocycles. The number of aliphatic hydroxyl groups is 1. The van der Waals surface area contributed by atoms with E-state index in [0.717, 1.165) is 23.9 Å². The summed E-state index contributed by atoms with van der Waals surface area (Å²) in [6.45, 7) is 1.39. The second kappa shape index (κ2) is 7.77. The highest BCUT2D eigenvalue weighted by Crippen LogP contribution is 2.30. The summed E-state index contributed by atoms with van der Waals surface area (Å²) in [4.78, 5) is 12.7. The van der Waals surface area contributed by atoms with E-state index >= 15 is 0 Å². The van der Waals surface area contributed by atoms with Gasteiger partial charge in [-0.05, 0) is 37.1 Å². The highest BCUT2D eigenvalue weighted by molar-refractivity contribution is 7.15. The minimum absolute atomic E-state index is 0.0848. The van der Waals surface area contributed by atoms with Crippen molar-refractivity contribution in [2.24, 2.45) is 0 Å². The fourth-order valence-corrected chi connectivity index (χ4v) is 3.04. The summed E-state index contributed by atoms with van der Waals surface area (Å²) in [5, 5.41) is 20.0. The maximum absolute atomic E-state index is 13.4. The molecule has 0 saturated carbocycles. The van der Waals surface area contributed by atoms with Gasteiger partial charge in [0.25, 0.3) is 0 Å². The highest BCUT2D eigenvalue weighted by Gasteiger charge is 2.50. The molecule has 11 heteroatoms. The van der Waals surface area contributed by atoms with Crippen LogP contribution in [-0.2, 0) is 6.42 Å². The van der Waals surface area contributed by atoms with E-state index in [2.05, 4.69) is 15.5 Å². The molecule has 2 N–H and O–H groups in total. The number of carbonyl (C=O) groups is 1. The lowest BCUT2D eigenvalue weighted by Gasteiger charge is -2.30. The van der Waals surface area contributed by atoms with E-state index in [0.29, 0.717) is 28.8 Å². The summed E-state index contributed by atoms with van der Waals surface area (Å²) in [5.74, 6) is -0.374. The smallest absolute Gasteiger partial charge is 0.379 e. The summed E-state index contributed by atoms with van der Waals surface area (Å²) in [6, 6.07) is 3.67. The molecule has 1 aromatic heterocycles. The predicted molar refractivity (Wildman–Crippen MR) is 92.2 cm³/mol. The molecule has 148 valence electrons. The topological polar surface area (TPSA) is 78.4 Å². The lowest BCUT2D eigenvalue weighted by atomic mass is 10.1. The average Bonchev–Trinajstić information content (AvgIpc) is 2.91. The molecule has 0 saturated heterocycles. The minimum Gasteiger partial charge on any atom is -0.379 e. The van der Waals surface area contributed by atoms with Gasteiger partial charge in [0.2, 0.25) is 5.13 Å². The number of benzene rings is 1. The molecule has 2 aromatic rings. The molecule has 2 rings (SSSR count). The van der Waals surface area contributed by atoms with Crippen molar-refractivity contribution in [3.8, 4) is 0 Å². The summed E-state index contributed by atoms with van der Waals surface area (Å²) in [7, 11) is 1.12. The number of aromatic nitrogens is 2. The molecular weight excluding hydrogens is 388 g/mol. The molecule has 0 bridgehead atoms. The van der Waals surface area contributed by atoms with Gasteiger partial charge in [0.1, 0.15) is 10.8 Å². The molecule has 0 radical (unpaired) electrons. The number of nitrogens with one attached hydrogen (secondary N) is 1. The normalized spacial score (nSPS) is 13.9. The number of hydrogen-bond acceptors (Lipinski definition) is 5. The van der Waals surface area contributed by atoms with Crippen LogP contribution in [0.1, 0.15) is 23.1 Å². The Morgan fingerprint density at radius 3 is 2.56 bits per heavy atom. The Kier molecular flexibility index (Phi) is 6.05. The van der Waals surface area contributed by atoms with E-state index in [4.69, 9.17) is 0 Å². The quantitative estimate of drug-likeness (QED) is 0.747. The second-order valence-corrected chi connectivity index (χ2v) is 7.43. The van der Waals surface area contributed by atoms with Crippen LogP contribution < -0.4 is 5.32 Å². The first-order valence-electron chi connectivity index (χ1n) is 7.77. The number of amides is 2. The number of aryl methyl sites for hydroxylation is 1. The van der Waals surface area contributed by atoms with Crippen LogP contribution in [0.4, 0.5) is 27.5 Å². The first-order chi connectivity index (χ1) is 12.4. The van der Waals surface area contributed by atoms with Gasteiger partial charge in [-0.2, -0.15) is 13.2 Å². The number of alkyl halides is 3. The summed E-state index contributed by atoms with van der Waals surface area (Å²) >= 11 is 1.02. The molecule has 1 aromatic carbocycles. The number of likely N-dealkylation sites (N-methyl/N-ethyl adjacent to an activating group) is 1. The number of carbonyl (C=O) groups excluding carboxylic acids is 1. The van der Waals surface area contributed by atoms with Crippen LogP contribution in [0.3, 0.4) is 0 Å². The first-order valence-corrected chi connectivity index (χ1v) is 8.59. The van der Waals surface area contributed by atoms with Crippen molar-refractivity contribution in [2.45, 2.75) is 32.0 Å². The van der Waals surface area contributed by atoms with Crippen molar-refractivity contribution in [3.05, 3.63) is 40.2 Å². The third-order valence-electron chi connectivity index (χ3n) is 3.64. The van der Waals surface area contributed by atoms with Crippen molar-refractivity contribution in [2.75, 3.05) is 18.9 Å². The number of nitrogens with zero attached hydrogens (tertiary/aromatic N) is 3. The van der Waals surface area contributed by atoms with Gasteiger partial charge in [0, 0.05) is 13.5 Å². The number of halogens is 4. The van der Waals surface area contributed by atoms with Gasteiger partial charge in [0.15, 0.2) is 5.60 Å². The zero-order valence-corrected chi connectivity index (χ0v) is 15.6. The molecule has 6 nitrogen and oxygen atoms in total. The van der Waals surface area contributed by atoms with Gasteiger partial charge in [-0.1, -0.05) is 17.4 Å². The molecule has 2 amide bonds.